The molecular formula is C51H66O12S3. The zero-order valence-electron chi connectivity index (χ0n) is 39.4. The zero-order chi connectivity index (χ0) is 47.8. The Bertz CT molecular complexity index is 1970. The summed E-state index contributed by atoms with van der Waals surface area (Å²) in [5.74, 6) is -0.774. The smallest absolute Gasteiger partial charge is 0.334 e. The van der Waals surface area contributed by atoms with Crippen LogP contribution >= 0.6 is 36.2 Å². The van der Waals surface area contributed by atoms with Crippen molar-refractivity contribution in [1.82, 2.24) is 0 Å². The highest BCUT2D eigenvalue weighted by Gasteiger charge is 2.51. The van der Waals surface area contributed by atoms with Gasteiger partial charge in [-0.25, -0.2) is 4.79 Å². The molecule has 6 heterocycles. The van der Waals surface area contributed by atoms with Gasteiger partial charge in [-0.05, 0) is 77.9 Å². The maximum absolute atomic E-state index is 12.2. The molecule has 12 nitrogen and oxygen atoms in total. The van der Waals surface area contributed by atoms with Crippen molar-refractivity contribution in [2.75, 3.05) is 31.3 Å². The first-order valence-corrected chi connectivity index (χ1v) is 25.0. The number of cyclic esters (lactones) is 3. The molecule has 11 unspecified atom stereocenters. The van der Waals surface area contributed by atoms with Gasteiger partial charge in [0, 0.05) is 49.5 Å². The van der Waals surface area contributed by atoms with Gasteiger partial charge in [-0.3, -0.25) is 9.59 Å². The quantitative estimate of drug-likeness (QED) is 0.0718. The Balaban J connectivity index is 0.000000155. The third kappa shape index (κ3) is 14.1. The average molecular weight is 967 g/mol. The van der Waals surface area contributed by atoms with E-state index < -0.39 is 17.4 Å². The van der Waals surface area contributed by atoms with Gasteiger partial charge in [0.2, 0.25) is 0 Å². The number of ether oxygens (including phenoxy) is 9. The SMILES string of the molecule is C=C1C(=O)OC(C2COC(C)(C)O2)C1C.CC1C(CSc2ccccc2)C(=O)OC1C1COC(C)(C)O1.CC1C(CSc2ccccc2)C(=O)OC1C1COC(C)(C)O1.Sc1ccccc1. The van der Waals surface area contributed by atoms with E-state index in [4.69, 9.17) is 42.6 Å². The Hall–Kier alpha value is -3.38. The second-order valence-electron chi connectivity index (χ2n) is 18.6. The molecule has 0 saturated carbocycles. The fraction of sp³-hybridized carbons (Fsp3) is 0.549. The van der Waals surface area contributed by atoms with Crippen molar-refractivity contribution in [3.8, 4) is 0 Å². The standard InChI is InChI=1S/2C17H22O4S.C11H16O4.C6H6S/c2*1-11-13(10-22-12-7-5-4-6-8-12)16(18)20-15(11)14-9-19-17(2,3)21-14;1-6-7(2)10(12)14-9(6)8-5-13-11(3,4)15-8;7-6-4-2-1-3-5-6/h2*4-8,11,13-15H,9-10H2,1-3H3;6,8-9H,2,5H2,1,3-4H3;1-5,7H. The molecule has 0 amide bonds. The van der Waals surface area contributed by atoms with Crippen LogP contribution in [0.2, 0.25) is 0 Å². The molecule has 6 saturated heterocycles. The number of carbonyl (C=O) groups excluding carboxylic acids is 3. The second kappa shape index (κ2) is 22.8. The van der Waals surface area contributed by atoms with Crippen LogP contribution in [0.25, 0.3) is 0 Å². The summed E-state index contributed by atoms with van der Waals surface area (Å²) in [6.07, 6.45) is -1.20. The van der Waals surface area contributed by atoms with E-state index in [9.17, 15) is 14.4 Å². The van der Waals surface area contributed by atoms with Gasteiger partial charge in [0.05, 0.1) is 31.7 Å². The molecule has 66 heavy (non-hydrogen) atoms. The molecule has 6 aliphatic rings. The Labute approximate surface area is 404 Å². The summed E-state index contributed by atoms with van der Waals surface area (Å²) < 4.78 is 50.4. The molecular weight excluding hydrogens is 901 g/mol. The number of benzene rings is 3. The molecule has 0 bridgehead atoms. The van der Waals surface area contributed by atoms with E-state index in [2.05, 4.69) is 57.3 Å². The van der Waals surface area contributed by atoms with Gasteiger partial charge in [0.15, 0.2) is 17.4 Å². The maximum Gasteiger partial charge on any atom is 0.334 e. The van der Waals surface area contributed by atoms with Gasteiger partial charge in [0.25, 0.3) is 0 Å². The van der Waals surface area contributed by atoms with Crippen molar-refractivity contribution >= 4 is 54.1 Å². The molecule has 6 fully saturated rings. The molecule has 0 spiro atoms. The van der Waals surface area contributed by atoms with E-state index in [0.29, 0.717) is 25.4 Å². The Morgan fingerprint density at radius 2 is 0.894 bits per heavy atom. The minimum absolute atomic E-state index is 0.000000000000000444. The summed E-state index contributed by atoms with van der Waals surface area (Å²) >= 11 is 7.48. The van der Waals surface area contributed by atoms with E-state index in [1.165, 1.54) is 9.79 Å². The van der Waals surface area contributed by atoms with Gasteiger partial charge in [-0.1, -0.05) is 81.9 Å². The van der Waals surface area contributed by atoms with Crippen molar-refractivity contribution in [1.29, 1.82) is 0 Å². The minimum atomic E-state index is -0.590. The summed E-state index contributed by atoms with van der Waals surface area (Å²) in [6.45, 7) is 22.4. The monoisotopic (exact) mass is 966 g/mol. The normalized spacial score (nSPS) is 32.5. The van der Waals surface area contributed by atoms with Crippen molar-refractivity contribution < 1.29 is 57.0 Å². The lowest BCUT2D eigenvalue weighted by molar-refractivity contribution is -0.164. The maximum atomic E-state index is 12.2. The molecule has 15 heteroatoms. The zero-order valence-corrected chi connectivity index (χ0v) is 41.9. The number of hydrogen-bond acceptors (Lipinski definition) is 15. The van der Waals surface area contributed by atoms with Crippen molar-refractivity contribution in [2.45, 2.75) is 131 Å². The number of hydrogen-bond donors (Lipinski definition) is 1. The van der Waals surface area contributed by atoms with E-state index in [0.717, 1.165) is 16.4 Å². The molecule has 11 atom stereocenters. The Morgan fingerprint density at radius 1 is 0.545 bits per heavy atom. The summed E-state index contributed by atoms with van der Waals surface area (Å²) in [6, 6.07) is 30.0. The predicted molar refractivity (Wildman–Crippen MR) is 256 cm³/mol. The molecule has 0 N–H and O–H groups in total. The van der Waals surface area contributed by atoms with Gasteiger partial charge in [-0.15, -0.1) is 36.2 Å². The summed E-state index contributed by atoms with van der Waals surface area (Å²) in [5.41, 5.74) is 0.522. The lowest BCUT2D eigenvalue weighted by Crippen LogP contribution is -2.35. The molecule has 6 aliphatic heterocycles. The third-order valence-corrected chi connectivity index (χ3v) is 14.8. The van der Waals surface area contributed by atoms with Crippen LogP contribution in [-0.4, -0.2) is 103 Å². The van der Waals surface area contributed by atoms with Gasteiger partial charge in [-0.2, -0.15) is 0 Å². The van der Waals surface area contributed by atoms with Crippen molar-refractivity contribution in [3.05, 3.63) is 103 Å². The van der Waals surface area contributed by atoms with Crippen LogP contribution in [-0.2, 0) is 57.0 Å². The Morgan fingerprint density at radius 3 is 1.18 bits per heavy atom. The fourth-order valence-corrected chi connectivity index (χ4v) is 10.9. The van der Waals surface area contributed by atoms with E-state index in [-0.39, 0.29) is 84.1 Å². The van der Waals surface area contributed by atoms with Gasteiger partial charge < -0.3 is 42.6 Å². The lowest BCUT2D eigenvalue weighted by atomic mass is 9.91. The summed E-state index contributed by atoms with van der Waals surface area (Å²) in [7, 11) is 0. The number of esters is 3. The van der Waals surface area contributed by atoms with Crippen LogP contribution in [0.15, 0.2) is 118 Å². The average Bonchev–Trinajstić information content (AvgIpc) is 4.12. The van der Waals surface area contributed by atoms with Crippen LogP contribution in [0.5, 0.6) is 0 Å². The van der Waals surface area contributed by atoms with E-state index in [1.807, 2.05) is 115 Å². The second-order valence-corrected chi connectivity index (χ2v) is 21.3. The first-order valence-electron chi connectivity index (χ1n) is 22.6. The summed E-state index contributed by atoms with van der Waals surface area (Å²) in [4.78, 5) is 39.1. The van der Waals surface area contributed by atoms with Crippen LogP contribution in [0, 0.1) is 29.6 Å². The van der Waals surface area contributed by atoms with Crippen molar-refractivity contribution in [3.63, 3.8) is 0 Å². The third-order valence-electron chi connectivity index (χ3n) is 12.3. The van der Waals surface area contributed by atoms with Crippen LogP contribution in [0.4, 0.5) is 0 Å². The molecule has 3 aromatic carbocycles. The minimum Gasteiger partial charge on any atom is -0.459 e. The number of rotatable bonds is 9. The lowest BCUT2D eigenvalue weighted by Gasteiger charge is -2.23. The Kier molecular flexibility index (Phi) is 18.0. The fourth-order valence-electron chi connectivity index (χ4n) is 8.36. The van der Waals surface area contributed by atoms with Crippen LogP contribution < -0.4 is 0 Å². The van der Waals surface area contributed by atoms with Gasteiger partial charge in [0.1, 0.15) is 36.6 Å². The van der Waals surface area contributed by atoms with E-state index in [1.54, 1.807) is 23.5 Å². The van der Waals surface area contributed by atoms with Crippen molar-refractivity contribution in [2.24, 2.45) is 29.6 Å². The molecule has 0 radical (unpaired) electrons. The first-order chi connectivity index (χ1) is 31.2. The highest BCUT2D eigenvalue weighted by atomic mass is 32.2. The predicted octanol–water partition coefficient (Wildman–Crippen LogP) is 9.45. The number of thiol groups is 1. The molecule has 0 aliphatic carbocycles. The molecule has 0 aromatic heterocycles. The van der Waals surface area contributed by atoms with Crippen LogP contribution in [0.1, 0.15) is 62.3 Å². The van der Waals surface area contributed by atoms with Crippen LogP contribution in [0.3, 0.4) is 0 Å². The first kappa shape index (κ1) is 52.0. The molecule has 360 valence electrons. The largest absolute Gasteiger partial charge is 0.459 e. The topological polar surface area (TPSA) is 134 Å². The number of carbonyl (C=O) groups is 3. The highest BCUT2D eigenvalue weighted by molar-refractivity contribution is 7.99. The number of thioether (sulfide) groups is 2. The molecule has 3 aromatic rings. The van der Waals surface area contributed by atoms with E-state index >= 15 is 0 Å². The molecule has 9 rings (SSSR count). The summed E-state index contributed by atoms with van der Waals surface area (Å²) in [5, 5.41) is 0. The van der Waals surface area contributed by atoms with Gasteiger partial charge >= 0.3 is 17.9 Å². The highest BCUT2D eigenvalue weighted by Crippen LogP contribution is 2.40.